The third kappa shape index (κ3) is 1.27. The van der Waals surface area contributed by atoms with Crippen molar-refractivity contribution in [2.24, 2.45) is 0 Å². The number of anilines is 1. The Morgan fingerprint density at radius 1 is 1.40 bits per heavy atom. The number of hydrogen-bond acceptors (Lipinski definition) is 3. The van der Waals surface area contributed by atoms with Crippen LogP contribution in [0.25, 0.3) is 0 Å². The van der Waals surface area contributed by atoms with Gasteiger partial charge in [0.1, 0.15) is 6.29 Å². The van der Waals surface area contributed by atoms with Crippen molar-refractivity contribution in [1.29, 1.82) is 0 Å². The summed E-state index contributed by atoms with van der Waals surface area (Å²) in [5, 5.41) is 3.33. The van der Waals surface area contributed by atoms with Gasteiger partial charge in [-0.15, -0.1) is 0 Å². The normalized spacial score (nSPS) is 23.5. The topological polar surface area (TPSA) is 32.3 Å². The van der Waals surface area contributed by atoms with Crippen LogP contribution in [0.3, 0.4) is 0 Å². The van der Waals surface area contributed by atoms with E-state index in [2.05, 4.69) is 28.4 Å². The van der Waals surface area contributed by atoms with Crippen LogP contribution < -0.4 is 10.2 Å². The molecule has 78 valence electrons. The average molecular weight is 202 g/mol. The van der Waals surface area contributed by atoms with E-state index < -0.39 is 0 Å². The van der Waals surface area contributed by atoms with Gasteiger partial charge in [0.15, 0.2) is 0 Å². The van der Waals surface area contributed by atoms with Gasteiger partial charge in [-0.25, -0.2) is 0 Å². The molecule has 0 amide bonds. The van der Waals surface area contributed by atoms with E-state index in [4.69, 9.17) is 0 Å². The lowest BCUT2D eigenvalue weighted by Crippen LogP contribution is -2.48. The first kappa shape index (κ1) is 8.92. The molecule has 0 fully saturated rings. The summed E-state index contributed by atoms with van der Waals surface area (Å²) in [6.07, 6.45) is 3.05. The maximum atomic E-state index is 11.0. The van der Waals surface area contributed by atoms with Crippen LogP contribution >= 0.6 is 0 Å². The summed E-state index contributed by atoms with van der Waals surface area (Å²) in [7, 11) is 0. The Kier molecular flexibility index (Phi) is 1.99. The number of aldehydes is 1. The highest BCUT2D eigenvalue weighted by molar-refractivity contribution is 5.72. The molecule has 1 aromatic rings. The highest BCUT2D eigenvalue weighted by Crippen LogP contribution is 2.34. The van der Waals surface area contributed by atoms with E-state index in [9.17, 15) is 4.79 Å². The Morgan fingerprint density at radius 3 is 3.13 bits per heavy atom. The monoisotopic (exact) mass is 202 g/mol. The molecule has 3 heteroatoms. The second-order valence-corrected chi connectivity index (χ2v) is 4.22. The number of hydrogen-bond donors (Lipinski definition) is 1. The van der Waals surface area contributed by atoms with Crippen molar-refractivity contribution < 1.29 is 4.79 Å². The predicted octanol–water partition coefficient (Wildman–Crippen LogP) is 1.07. The number of benzene rings is 1. The van der Waals surface area contributed by atoms with Gasteiger partial charge in [-0.1, -0.05) is 18.2 Å². The fourth-order valence-corrected chi connectivity index (χ4v) is 2.63. The quantitative estimate of drug-likeness (QED) is 0.691. The van der Waals surface area contributed by atoms with Crippen molar-refractivity contribution in [3.63, 3.8) is 0 Å². The minimum atomic E-state index is 0.0615. The largest absolute Gasteiger partial charge is 0.348 e. The van der Waals surface area contributed by atoms with E-state index in [1.54, 1.807) is 0 Å². The molecule has 0 saturated heterocycles. The second kappa shape index (κ2) is 3.35. The molecule has 2 aliphatic heterocycles. The van der Waals surface area contributed by atoms with Gasteiger partial charge in [0.2, 0.25) is 0 Å². The van der Waals surface area contributed by atoms with Crippen LogP contribution in [-0.2, 0) is 17.8 Å². The molecular weight excluding hydrogens is 188 g/mol. The van der Waals surface area contributed by atoms with Gasteiger partial charge < -0.3 is 9.69 Å². The molecule has 2 aliphatic rings. The molecule has 2 heterocycles. The van der Waals surface area contributed by atoms with Crippen molar-refractivity contribution in [3.05, 3.63) is 29.3 Å². The van der Waals surface area contributed by atoms with Gasteiger partial charge >= 0.3 is 0 Å². The second-order valence-electron chi connectivity index (χ2n) is 4.22. The van der Waals surface area contributed by atoms with E-state index in [0.717, 1.165) is 32.3 Å². The first-order chi connectivity index (χ1) is 7.40. The van der Waals surface area contributed by atoms with Gasteiger partial charge in [-0.2, -0.15) is 0 Å². The minimum Gasteiger partial charge on any atom is -0.348 e. The molecule has 0 spiro atoms. The molecular formula is C12H14N2O. The number of nitrogens with one attached hydrogen (secondary N) is 1. The Balaban J connectivity index is 2.13. The Bertz CT molecular complexity index is 388. The van der Waals surface area contributed by atoms with Crippen LogP contribution in [0.1, 0.15) is 17.5 Å². The molecule has 1 atom stereocenters. The Hall–Kier alpha value is -1.35. The van der Waals surface area contributed by atoms with Crippen LogP contribution in [0, 0.1) is 0 Å². The summed E-state index contributed by atoms with van der Waals surface area (Å²) in [6, 6.07) is 6.50. The third-order valence-electron chi connectivity index (χ3n) is 3.35. The summed E-state index contributed by atoms with van der Waals surface area (Å²) in [5.41, 5.74) is 4.03. The van der Waals surface area contributed by atoms with Crippen molar-refractivity contribution >= 4 is 12.0 Å². The molecule has 1 N–H and O–H groups in total. The zero-order valence-electron chi connectivity index (χ0n) is 8.57. The minimum absolute atomic E-state index is 0.0615. The highest BCUT2D eigenvalue weighted by Gasteiger charge is 2.29. The maximum absolute atomic E-state index is 11.0. The smallest absolute Gasteiger partial charge is 0.142 e. The molecule has 3 nitrogen and oxygen atoms in total. The summed E-state index contributed by atoms with van der Waals surface area (Å²) < 4.78 is 0. The van der Waals surface area contributed by atoms with Gasteiger partial charge in [0, 0.05) is 12.2 Å². The van der Waals surface area contributed by atoms with E-state index in [-0.39, 0.29) is 6.04 Å². The van der Waals surface area contributed by atoms with Gasteiger partial charge in [-0.3, -0.25) is 5.32 Å². The number of aryl methyl sites for hydroxylation is 1. The summed E-state index contributed by atoms with van der Waals surface area (Å²) in [6.45, 7) is 1.72. The Morgan fingerprint density at radius 2 is 2.27 bits per heavy atom. The van der Waals surface area contributed by atoms with E-state index in [1.165, 1.54) is 16.8 Å². The van der Waals surface area contributed by atoms with E-state index >= 15 is 0 Å². The van der Waals surface area contributed by atoms with Gasteiger partial charge in [0.05, 0.1) is 12.7 Å². The maximum Gasteiger partial charge on any atom is 0.142 e. The molecule has 15 heavy (non-hydrogen) atoms. The number of nitrogens with zero attached hydrogens (tertiary/aromatic N) is 1. The molecule has 0 radical (unpaired) electrons. The molecule has 0 bridgehead atoms. The number of rotatable bonds is 1. The predicted molar refractivity (Wildman–Crippen MR) is 58.8 cm³/mol. The SMILES string of the molecule is O=CC1CCc2cccc3c2N1CNC3. The molecule has 1 unspecified atom stereocenters. The van der Waals surface area contributed by atoms with Crippen LogP contribution in [0.5, 0.6) is 0 Å². The molecule has 0 aliphatic carbocycles. The van der Waals surface area contributed by atoms with Crippen LogP contribution in [0.2, 0.25) is 0 Å². The number of carbonyl (C=O) groups is 1. The molecule has 3 rings (SSSR count). The molecule has 0 aromatic heterocycles. The lowest BCUT2D eigenvalue weighted by Gasteiger charge is -2.40. The summed E-state index contributed by atoms with van der Waals surface area (Å²) in [5.74, 6) is 0. The van der Waals surface area contributed by atoms with E-state index in [0.29, 0.717) is 0 Å². The molecule has 0 saturated carbocycles. The van der Waals surface area contributed by atoms with Gasteiger partial charge in [-0.05, 0) is 24.0 Å². The van der Waals surface area contributed by atoms with Crippen LogP contribution in [-0.4, -0.2) is 19.0 Å². The fourth-order valence-electron chi connectivity index (χ4n) is 2.63. The standard InChI is InChI=1S/C12H14N2O/c15-7-11-5-4-9-2-1-3-10-6-13-8-14(11)12(9)10/h1-3,7,11,13H,4-6,8H2. The first-order valence-electron chi connectivity index (χ1n) is 5.43. The number of para-hydroxylation sites is 1. The van der Waals surface area contributed by atoms with Gasteiger partial charge in [0.25, 0.3) is 0 Å². The van der Waals surface area contributed by atoms with Crippen molar-refractivity contribution in [1.82, 2.24) is 5.32 Å². The lowest BCUT2D eigenvalue weighted by atomic mass is 9.93. The Labute approximate surface area is 89.1 Å². The third-order valence-corrected chi connectivity index (χ3v) is 3.35. The summed E-state index contributed by atoms with van der Waals surface area (Å²) in [4.78, 5) is 13.2. The molecule has 1 aromatic carbocycles. The fraction of sp³-hybridized carbons (Fsp3) is 0.417. The lowest BCUT2D eigenvalue weighted by molar-refractivity contribution is -0.109. The summed E-state index contributed by atoms with van der Waals surface area (Å²) >= 11 is 0. The van der Waals surface area contributed by atoms with Crippen LogP contribution in [0.4, 0.5) is 5.69 Å². The average Bonchev–Trinajstić information content (AvgIpc) is 2.30. The highest BCUT2D eigenvalue weighted by atomic mass is 16.1. The zero-order chi connectivity index (χ0) is 10.3. The van der Waals surface area contributed by atoms with E-state index in [1.807, 2.05) is 0 Å². The van der Waals surface area contributed by atoms with Crippen molar-refractivity contribution in [2.75, 3.05) is 11.6 Å². The van der Waals surface area contributed by atoms with Crippen molar-refractivity contribution in [3.8, 4) is 0 Å². The zero-order valence-corrected chi connectivity index (χ0v) is 8.57. The first-order valence-corrected chi connectivity index (χ1v) is 5.43. The van der Waals surface area contributed by atoms with Crippen molar-refractivity contribution in [2.45, 2.75) is 25.4 Å². The van der Waals surface area contributed by atoms with Crippen LogP contribution in [0.15, 0.2) is 18.2 Å². The number of carbonyl (C=O) groups excluding carboxylic acids is 1.